The minimum atomic E-state index is -0.518. The maximum absolute atomic E-state index is 12.3. The highest BCUT2D eigenvalue weighted by atomic mass is 35.5. The molecule has 0 saturated heterocycles. The number of carbonyl (C=O) groups excluding carboxylic acids is 1. The molecule has 0 spiro atoms. The van der Waals surface area contributed by atoms with Crippen LogP contribution >= 0.6 is 23.2 Å². The second kappa shape index (κ2) is 9.53. The molecule has 0 aliphatic heterocycles. The van der Waals surface area contributed by atoms with Crippen molar-refractivity contribution in [2.24, 2.45) is 0 Å². The average Bonchev–Trinajstić information content (AvgIpc) is 2.64. The third kappa shape index (κ3) is 5.29. The van der Waals surface area contributed by atoms with Crippen LogP contribution in [0.2, 0.25) is 10.0 Å². The summed E-state index contributed by atoms with van der Waals surface area (Å²) in [6.45, 7) is 0.291. The van der Waals surface area contributed by atoms with Gasteiger partial charge in [-0.05, 0) is 23.8 Å². The number of terminal acetylenes is 1. The third-order valence-electron chi connectivity index (χ3n) is 3.30. The second-order valence-corrected chi connectivity index (χ2v) is 5.98. The van der Waals surface area contributed by atoms with E-state index in [0.29, 0.717) is 17.1 Å². The molecule has 0 radical (unpaired) electrons. The number of nitrogens with zero attached hydrogens (tertiary/aromatic N) is 1. The van der Waals surface area contributed by atoms with Gasteiger partial charge < -0.3 is 10.1 Å². The molecule has 0 heterocycles. The maximum Gasteiger partial charge on any atom is 0.262 e. The molecule has 26 heavy (non-hydrogen) atoms. The number of nitrogens with one attached hydrogen (secondary N) is 1. The Kier molecular flexibility index (Phi) is 7.12. The van der Waals surface area contributed by atoms with Crippen LogP contribution in [0, 0.1) is 23.7 Å². The Morgan fingerprint density at radius 2 is 2.00 bits per heavy atom. The fourth-order valence-electron chi connectivity index (χ4n) is 2.13. The summed E-state index contributed by atoms with van der Waals surface area (Å²) in [6.07, 6.45) is 6.57. The van der Waals surface area contributed by atoms with Crippen LogP contribution in [0.3, 0.4) is 0 Å². The summed E-state index contributed by atoms with van der Waals surface area (Å²) in [5, 5.41) is 12.6. The number of rotatable bonds is 6. The van der Waals surface area contributed by atoms with Gasteiger partial charge in [0.25, 0.3) is 5.91 Å². The normalized spacial score (nSPS) is 10.5. The molecule has 0 atom stereocenters. The minimum Gasteiger partial charge on any atom is -0.479 e. The van der Waals surface area contributed by atoms with E-state index >= 15 is 0 Å². The lowest BCUT2D eigenvalue weighted by Gasteiger charge is -2.10. The predicted octanol–water partition coefficient (Wildman–Crippen LogP) is 4.23. The summed E-state index contributed by atoms with van der Waals surface area (Å²) in [4.78, 5) is 12.3. The van der Waals surface area contributed by atoms with Crippen molar-refractivity contribution in [1.29, 1.82) is 5.26 Å². The Balaban J connectivity index is 2.26. The zero-order valence-electron chi connectivity index (χ0n) is 13.6. The van der Waals surface area contributed by atoms with Crippen LogP contribution in [0.15, 0.2) is 48.0 Å². The largest absolute Gasteiger partial charge is 0.479 e. The molecule has 130 valence electrons. The Bertz CT molecular complexity index is 910. The maximum atomic E-state index is 12.3. The molecule has 0 unspecified atom stereocenters. The molecule has 1 amide bonds. The molecule has 0 aliphatic carbocycles. The van der Waals surface area contributed by atoms with E-state index in [9.17, 15) is 10.1 Å². The molecule has 0 aliphatic rings. The number of hydrogen-bond donors (Lipinski definition) is 1. The van der Waals surface area contributed by atoms with Gasteiger partial charge in [0.1, 0.15) is 24.0 Å². The van der Waals surface area contributed by atoms with Gasteiger partial charge in [0, 0.05) is 17.1 Å². The van der Waals surface area contributed by atoms with Gasteiger partial charge in [-0.2, -0.15) is 5.26 Å². The van der Waals surface area contributed by atoms with Gasteiger partial charge >= 0.3 is 0 Å². The molecule has 2 aromatic carbocycles. The quantitative estimate of drug-likeness (QED) is 0.460. The van der Waals surface area contributed by atoms with Gasteiger partial charge in [0.05, 0.1) is 5.02 Å². The summed E-state index contributed by atoms with van der Waals surface area (Å²) >= 11 is 12.1. The smallest absolute Gasteiger partial charge is 0.262 e. The monoisotopic (exact) mass is 384 g/mol. The molecule has 0 saturated carbocycles. The van der Waals surface area contributed by atoms with Crippen molar-refractivity contribution >= 4 is 35.2 Å². The number of amides is 1. The minimum absolute atomic E-state index is 0.00964. The summed E-state index contributed by atoms with van der Waals surface area (Å²) in [6, 6.07) is 14.3. The van der Waals surface area contributed by atoms with Gasteiger partial charge in [-0.15, -0.1) is 6.42 Å². The first-order valence-corrected chi connectivity index (χ1v) is 8.30. The molecule has 0 bridgehead atoms. The summed E-state index contributed by atoms with van der Waals surface area (Å²) in [7, 11) is 0. The number of nitriles is 1. The standard InChI is InChI=1S/C20H14Cl2N2O2/c1-2-8-26-19-15(10-17(21)11-18(19)22)9-16(12-23)20(25)24-13-14-6-4-3-5-7-14/h1,3-7,9-11H,8,13H2,(H,24,25)/b16-9+. The van der Waals surface area contributed by atoms with Crippen LogP contribution in [-0.2, 0) is 11.3 Å². The van der Waals surface area contributed by atoms with Crippen molar-refractivity contribution in [3.8, 4) is 24.2 Å². The zero-order valence-corrected chi connectivity index (χ0v) is 15.1. The van der Waals surface area contributed by atoms with Crippen molar-refractivity contribution in [2.75, 3.05) is 6.61 Å². The fraction of sp³-hybridized carbons (Fsp3) is 0.100. The van der Waals surface area contributed by atoms with E-state index in [1.165, 1.54) is 12.1 Å². The number of halogens is 2. The highest BCUT2D eigenvalue weighted by Gasteiger charge is 2.14. The highest BCUT2D eigenvalue weighted by Crippen LogP contribution is 2.33. The molecule has 4 nitrogen and oxygen atoms in total. The van der Waals surface area contributed by atoms with Crippen LogP contribution in [0.25, 0.3) is 6.08 Å². The highest BCUT2D eigenvalue weighted by molar-refractivity contribution is 6.36. The van der Waals surface area contributed by atoms with Crippen LogP contribution < -0.4 is 10.1 Å². The summed E-state index contributed by atoms with van der Waals surface area (Å²) in [5.41, 5.74) is 1.20. The van der Waals surface area contributed by atoms with E-state index in [4.69, 9.17) is 34.4 Å². The van der Waals surface area contributed by atoms with Crippen molar-refractivity contribution in [3.63, 3.8) is 0 Å². The van der Waals surface area contributed by atoms with Crippen molar-refractivity contribution in [2.45, 2.75) is 6.54 Å². The Morgan fingerprint density at radius 1 is 1.27 bits per heavy atom. The number of hydrogen-bond acceptors (Lipinski definition) is 3. The van der Waals surface area contributed by atoms with E-state index < -0.39 is 5.91 Å². The fourth-order valence-corrected chi connectivity index (χ4v) is 2.69. The van der Waals surface area contributed by atoms with Crippen LogP contribution in [0.5, 0.6) is 5.75 Å². The SMILES string of the molecule is C#CCOc1c(Cl)cc(Cl)cc1/C=C(\C#N)C(=O)NCc1ccccc1. The molecule has 2 aromatic rings. The van der Waals surface area contributed by atoms with Gasteiger partial charge in [-0.25, -0.2) is 0 Å². The van der Waals surface area contributed by atoms with Gasteiger partial charge in [-0.3, -0.25) is 4.79 Å². The van der Waals surface area contributed by atoms with Gasteiger partial charge in [0.15, 0.2) is 0 Å². The first kappa shape index (κ1) is 19.4. The zero-order chi connectivity index (χ0) is 18.9. The molecule has 1 N–H and O–H groups in total. The molecular formula is C20H14Cl2N2O2. The third-order valence-corrected chi connectivity index (χ3v) is 3.80. The number of carbonyl (C=O) groups is 1. The molecule has 0 aromatic heterocycles. The lowest BCUT2D eigenvalue weighted by atomic mass is 10.1. The summed E-state index contributed by atoms with van der Waals surface area (Å²) in [5.74, 6) is 2.08. The second-order valence-electron chi connectivity index (χ2n) is 5.14. The van der Waals surface area contributed by atoms with Crippen molar-refractivity contribution in [1.82, 2.24) is 5.32 Å². The van der Waals surface area contributed by atoms with Crippen molar-refractivity contribution in [3.05, 3.63) is 69.2 Å². The molecular weight excluding hydrogens is 371 g/mol. The Morgan fingerprint density at radius 3 is 2.65 bits per heavy atom. The van der Waals surface area contributed by atoms with Gasteiger partial charge in [0.2, 0.25) is 0 Å². The van der Waals surface area contributed by atoms with Crippen LogP contribution in [0.4, 0.5) is 0 Å². The van der Waals surface area contributed by atoms with Crippen molar-refractivity contribution < 1.29 is 9.53 Å². The molecule has 2 rings (SSSR count). The van der Waals surface area contributed by atoms with E-state index in [2.05, 4.69) is 11.2 Å². The van der Waals surface area contributed by atoms with E-state index in [0.717, 1.165) is 5.56 Å². The number of benzene rings is 2. The lowest BCUT2D eigenvalue weighted by Crippen LogP contribution is -2.23. The first-order valence-electron chi connectivity index (χ1n) is 7.54. The number of ether oxygens (including phenoxy) is 1. The first-order chi connectivity index (χ1) is 12.5. The van der Waals surface area contributed by atoms with E-state index in [1.807, 2.05) is 36.4 Å². The summed E-state index contributed by atoms with van der Waals surface area (Å²) < 4.78 is 5.41. The molecule has 6 heteroatoms. The van der Waals surface area contributed by atoms with E-state index in [-0.39, 0.29) is 23.0 Å². The van der Waals surface area contributed by atoms with Crippen LogP contribution in [0.1, 0.15) is 11.1 Å². The Hall–Kier alpha value is -2.92. The topological polar surface area (TPSA) is 62.1 Å². The average molecular weight is 385 g/mol. The molecule has 0 fully saturated rings. The lowest BCUT2D eigenvalue weighted by molar-refractivity contribution is -0.117. The van der Waals surface area contributed by atoms with E-state index in [1.54, 1.807) is 6.07 Å². The Labute approximate surface area is 162 Å². The van der Waals surface area contributed by atoms with Gasteiger partial charge in [-0.1, -0.05) is 59.5 Å². The predicted molar refractivity (Wildman–Crippen MR) is 103 cm³/mol. The van der Waals surface area contributed by atoms with Crippen LogP contribution in [-0.4, -0.2) is 12.5 Å².